The topological polar surface area (TPSA) is 12.0 Å². The van der Waals surface area contributed by atoms with Crippen LogP contribution in [-0.2, 0) is 6.42 Å². The second-order valence-corrected chi connectivity index (χ2v) is 4.80. The van der Waals surface area contributed by atoms with E-state index in [1.54, 1.807) is 0 Å². The van der Waals surface area contributed by atoms with E-state index in [0.717, 1.165) is 25.7 Å². The normalized spacial score (nSPS) is 12.3. The van der Waals surface area contributed by atoms with Crippen molar-refractivity contribution in [2.45, 2.75) is 38.6 Å². The molecule has 0 spiro atoms. The molecule has 1 heterocycles. The fourth-order valence-electron chi connectivity index (χ4n) is 1.61. The molecule has 15 heavy (non-hydrogen) atoms. The highest BCUT2D eigenvalue weighted by atomic mass is 32.1. The van der Waals surface area contributed by atoms with E-state index in [4.69, 9.17) is 6.42 Å². The Bertz CT molecular complexity index is 322. The Balaban J connectivity index is 2.54. The minimum Gasteiger partial charge on any atom is -0.312 e. The lowest BCUT2D eigenvalue weighted by molar-refractivity contribution is 0.540. The van der Waals surface area contributed by atoms with E-state index in [1.165, 1.54) is 9.75 Å². The molecule has 0 fully saturated rings. The maximum absolute atomic E-state index is 5.25. The second kappa shape index (κ2) is 6.66. The average molecular weight is 221 g/mol. The molecule has 2 heteroatoms. The smallest absolute Gasteiger partial charge is 0.0412 e. The van der Waals surface area contributed by atoms with E-state index in [2.05, 4.69) is 30.3 Å². The first-order valence-corrected chi connectivity index (χ1v) is 6.32. The highest BCUT2D eigenvalue weighted by molar-refractivity contribution is 7.12. The molecule has 1 aromatic heterocycles. The van der Waals surface area contributed by atoms with Crippen LogP contribution in [-0.4, -0.2) is 7.05 Å². The maximum Gasteiger partial charge on any atom is 0.0412 e. The van der Waals surface area contributed by atoms with Gasteiger partial charge in [-0.1, -0.05) is 6.92 Å². The Morgan fingerprint density at radius 3 is 2.87 bits per heavy atom. The van der Waals surface area contributed by atoms with Gasteiger partial charge in [0.2, 0.25) is 0 Å². The number of unbranched alkanes of at least 4 members (excludes halogenated alkanes) is 1. The third-order valence-corrected chi connectivity index (χ3v) is 3.88. The standard InChI is InChI=1S/C13H19NS/c1-4-6-7-8-12(14-3)13-10-9-11(5-2)15-13/h1,9-10,12,14H,5-8H2,2-3H3. The van der Waals surface area contributed by atoms with Crippen molar-refractivity contribution in [3.63, 3.8) is 0 Å². The van der Waals surface area contributed by atoms with Gasteiger partial charge >= 0.3 is 0 Å². The van der Waals surface area contributed by atoms with Gasteiger partial charge < -0.3 is 5.32 Å². The van der Waals surface area contributed by atoms with Crippen LogP contribution in [0, 0.1) is 12.3 Å². The summed E-state index contributed by atoms with van der Waals surface area (Å²) >= 11 is 1.91. The Morgan fingerprint density at radius 1 is 1.53 bits per heavy atom. The lowest BCUT2D eigenvalue weighted by Crippen LogP contribution is -2.14. The van der Waals surface area contributed by atoms with E-state index in [0.29, 0.717) is 6.04 Å². The third-order valence-electron chi connectivity index (χ3n) is 2.54. The van der Waals surface area contributed by atoms with Gasteiger partial charge in [0.05, 0.1) is 0 Å². The fourth-order valence-corrected chi connectivity index (χ4v) is 2.71. The van der Waals surface area contributed by atoms with E-state index in [9.17, 15) is 0 Å². The summed E-state index contributed by atoms with van der Waals surface area (Å²) in [6.45, 7) is 2.20. The predicted octanol–water partition coefficient (Wildman–Crippen LogP) is 3.37. The Morgan fingerprint density at radius 2 is 2.33 bits per heavy atom. The van der Waals surface area contributed by atoms with E-state index in [1.807, 2.05) is 18.4 Å². The quantitative estimate of drug-likeness (QED) is 0.573. The van der Waals surface area contributed by atoms with Gasteiger partial charge in [-0.25, -0.2) is 0 Å². The Labute approximate surface area is 96.9 Å². The highest BCUT2D eigenvalue weighted by Gasteiger charge is 2.10. The molecule has 1 atom stereocenters. The van der Waals surface area contributed by atoms with Crippen LogP contribution in [0.3, 0.4) is 0 Å². The van der Waals surface area contributed by atoms with Crippen LogP contribution < -0.4 is 5.32 Å². The first-order valence-electron chi connectivity index (χ1n) is 5.51. The number of aryl methyl sites for hydroxylation is 1. The van der Waals surface area contributed by atoms with Gasteiger partial charge in [-0.3, -0.25) is 0 Å². The summed E-state index contributed by atoms with van der Waals surface area (Å²) in [4.78, 5) is 2.90. The van der Waals surface area contributed by atoms with Crippen molar-refractivity contribution < 1.29 is 0 Å². The molecule has 0 saturated carbocycles. The molecule has 0 aromatic carbocycles. The van der Waals surface area contributed by atoms with Gasteiger partial charge in [0.25, 0.3) is 0 Å². The molecule has 1 aromatic rings. The number of rotatable bonds is 6. The monoisotopic (exact) mass is 221 g/mol. The molecule has 1 N–H and O–H groups in total. The third kappa shape index (κ3) is 3.70. The lowest BCUT2D eigenvalue weighted by Gasteiger charge is -2.13. The van der Waals surface area contributed by atoms with Crippen molar-refractivity contribution in [1.82, 2.24) is 5.32 Å². The average Bonchev–Trinajstić information content (AvgIpc) is 2.73. The van der Waals surface area contributed by atoms with Crippen molar-refractivity contribution in [2.75, 3.05) is 7.05 Å². The van der Waals surface area contributed by atoms with Crippen LogP contribution in [0.1, 0.15) is 42.0 Å². The molecular formula is C13H19NS. The Hall–Kier alpha value is -0.780. The zero-order valence-corrected chi connectivity index (χ0v) is 10.4. The largest absolute Gasteiger partial charge is 0.312 e. The van der Waals surface area contributed by atoms with Crippen LogP contribution in [0.5, 0.6) is 0 Å². The molecule has 0 aliphatic rings. The SMILES string of the molecule is C#CCCCC(NC)c1ccc(CC)s1. The second-order valence-electron chi connectivity index (χ2n) is 3.60. The van der Waals surface area contributed by atoms with Crippen molar-refractivity contribution in [3.05, 3.63) is 21.9 Å². The van der Waals surface area contributed by atoms with Crippen LogP contribution >= 0.6 is 11.3 Å². The summed E-state index contributed by atoms with van der Waals surface area (Å²) in [7, 11) is 2.02. The minimum atomic E-state index is 0.476. The first-order chi connectivity index (χ1) is 7.31. The van der Waals surface area contributed by atoms with Crippen LogP contribution in [0.2, 0.25) is 0 Å². The van der Waals surface area contributed by atoms with Crippen molar-refractivity contribution in [3.8, 4) is 12.3 Å². The van der Waals surface area contributed by atoms with Gasteiger partial charge in [0.15, 0.2) is 0 Å². The summed E-state index contributed by atoms with van der Waals surface area (Å²) in [5, 5.41) is 3.36. The summed E-state index contributed by atoms with van der Waals surface area (Å²) in [6, 6.07) is 4.94. The number of thiophene rings is 1. The zero-order valence-electron chi connectivity index (χ0n) is 9.55. The Kier molecular flexibility index (Phi) is 5.45. The molecular weight excluding hydrogens is 202 g/mol. The fraction of sp³-hybridized carbons (Fsp3) is 0.538. The molecule has 0 aliphatic carbocycles. The summed E-state index contributed by atoms with van der Waals surface area (Å²) in [6.07, 6.45) is 9.49. The summed E-state index contributed by atoms with van der Waals surface area (Å²) in [5.74, 6) is 2.69. The lowest BCUT2D eigenvalue weighted by atomic mass is 10.1. The molecule has 1 unspecified atom stereocenters. The van der Waals surface area contributed by atoms with Crippen molar-refractivity contribution >= 4 is 11.3 Å². The molecule has 0 saturated heterocycles. The van der Waals surface area contributed by atoms with Crippen molar-refractivity contribution in [1.29, 1.82) is 0 Å². The van der Waals surface area contributed by atoms with E-state index >= 15 is 0 Å². The summed E-state index contributed by atoms with van der Waals surface area (Å²) < 4.78 is 0. The van der Waals surface area contributed by atoms with Gasteiger partial charge in [-0.2, -0.15) is 0 Å². The number of hydrogen-bond donors (Lipinski definition) is 1. The number of nitrogens with one attached hydrogen (secondary N) is 1. The molecule has 0 radical (unpaired) electrons. The van der Waals surface area contributed by atoms with Crippen LogP contribution in [0.15, 0.2) is 12.1 Å². The van der Waals surface area contributed by atoms with Gasteiger partial charge in [-0.15, -0.1) is 23.7 Å². The highest BCUT2D eigenvalue weighted by Crippen LogP contribution is 2.26. The molecule has 1 rings (SSSR count). The van der Waals surface area contributed by atoms with Gasteiger partial charge in [-0.05, 0) is 38.4 Å². The molecule has 1 nitrogen and oxygen atoms in total. The number of hydrogen-bond acceptors (Lipinski definition) is 2. The maximum atomic E-state index is 5.25. The molecule has 0 aliphatic heterocycles. The zero-order chi connectivity index (χ0) is 11.1. The first kappa shape index (κ1) is 12.3. The molecule has 0 bridgehead atoms. The summed E-state index contributed by atoms with van der Waals surface area (Å²) in [5.41, 5.74) is 0. The van der Waals surface area contributed by atoms with Gasteiger partial charge in [0.1, 0.15) is 0 Å². The van der Waals surface area contributed by atoms with Crippen molar-refractivity contribution in [2.24, 2.45) is 0 Å². The van der Waals surface area contributed by atoms with Crippen LogP contribution in [0.4, 0.5) is 0 Å². The minimum absolute atomic E-state index is 0.476. The molecule has 0 amide bonds. The van der Waals surface area contributed by atoms with Crippen LogP contribution in [0.25, 0.3) is 0 Å². The number of terminal acetylenes is 1. The predicted molar refractivity (Wildman–Crippen MR) is 68.2 cm³/mol. The van der Waals surface area contributed by atoms with E-state index in [-0.39, 0.29) is 0 Å². The van der Waals surface area contributed by atoms with E-state index < -0.39 is 0 Å². The van der Waals surface area contributed by atoms with Gasteiger partial charge in [0, 0.05) is 22.2 Å². The molecule has 82 valence electrons.